The third-order valence-corrected chi connectivity index (χ3v) is 0. The molecule has 0 aromatic carbocycles. The maximum absolute atomic E-state index is 7.33. The first-order valence-electron chi connectivity index (χ1n) is 0.894. The molecule has 0 radical (unpaired) electrons. The summed E-state index contributed by atoms with van der Waals surface area (Å²) in [6, 6.07) is 0. The summed E-state index contributed by atoms with van der Waals surface area (Å²) in [5.74, 6) is 0. The van der Waals surface area contributed by atoms with Gasteiger partial charge in [-0.3, -0.25) is 0 Å². The standard InChI is InChI=1S/Ca.Na.H4O4Si.3H/c;;1-5(2,3)4;;;/h;;1-4H;;;. The summed E-state index contributed by atoms with van der Waals surface area (Å²) in [4.78, 5) is 29.3. The Hall–Kier alpha value is 2.32. The molecule has 0 aromatic rings. The van der Waals surface area contributed by atoms with Crippen LogP contribution in [0.15, 0.2) is 0 Å². The van der Waals surface area contributed by atoms with E-state index in [9.17, 15) is 0 Å². The van der Waals surface area contributed by atoms with Crippen LogP contribution in [0.4, 0.5) is 0 Å². The van der Waals surface area contributed by atoms with Crippen molar-refractivity contribution in [2.45, 2.75) is 0 Å². The van der Waals surface area contributed by atoms with Gasteiger partial charge in [0.2, 0.25) is 0 Å². The van der Waals surface area contributed by atoms with Gasteiger partial charge in [-0.05, 0) is 0 Å². The monoisotopic (exact) mass is 162 g/mol. The van der Waals surface area contributed by atoms with Gasteiger partial charge in [0.15, 0.2) is 0 Å². The molecule has 0 aliphatic rings. The second-order valence-corrected chi connectivity index (χ2v) is 1.80. The van der Waals surface area contributed by atoms with Gasteiger partial charge >= 0.3 is 76.3 Å². The summed E-state index contributed by atoms with van der Waals surface area (Å²) in [7, 11) is -4.61. The van der Waals surface area contributed by atoms with Gasteiger partial charge in [0.1, 0.15) is 0 Å². The third-order valence-electron chi connectivity index (χ3n) is 0. The van der Waals surface area contributed by atoms with E-state index in [4.69, 9.17) is 19.2 Å². The SMILES string of the molecule is O[Si](O)(O)O.[CaH2].[NaH]. The van der Waals surface area contributed by atoms with Crippen LogP contribution in [0.1, 0.15) is 0 Å². The molecule has 0 amide bonds. The Balaban J connectivity index is -0.0000000800. The molecule has 0 heterocycles. The maximum atomic E-state index is 7.33. The Labute approximate surface area is 94.0 Å². The molecule has 0 aromatic heterocycles. The van der Waals surface area contributed by atoms with Crippen LogP contribution >= 0.6 is 0 Å². The molecule has 0 fully saturated rings. The quantitative estimate of drug-likeness (QED) is 0.272. The number of hydrogen-bond donors (Lipinski definition) is 4. The first-order valence-corrected chi connectivity index (χ1v) is 2.68. The molecule has 0 bridgehead atoms. The van der Waals surface area contributed by atoms with Gasteiger partial charge < -0.3 is 19.2 Å². The van der Waals surface area contributed by atoms with Gasteiger partial charge in [-0.2, -0.15) is 0 Å². The predicted octanol–water partition coefficient (Wildman–Crippen LogP) is -4.17. The summed E-state index contributed by atoms with van der Waals surface area (Å²) in [6.07, 6.45) is 0. The van der Waals surface area contributed by atoms with Crippen molar-refractivity contribution in [3.05, 3.63) is 0 Å². The summed E-state index contributed by atoms with van der Waals surface area (Å²) < 4.78 is 0. The van der Waals surface area contributed by atoms with E-state index >= 15 is 0 Å². The normalized spacial score (nSPS) is 8.57. The van der Waals surface area contributed by atoms with Crippen LogP contribution in [-0.4, -0.2) is 95.5 Å². The van der Waals surface area contributed by atoms with Crippen LogP contribution in [0, 0.1) is 0 Å². The molecule has 0 aliphatic carbocycles. The molecule has 0 unspecified atom stereocenters. The zero-order valence-corrected chi connectivity index (χ0v) is 3.29. The van der Waals surface area contributed by atoms with Gasteiger partial charge in [0.05, 0.1) is 0 Å². The molecule has 0 saturated carbocycles. The van der Waals surface area contributed by atoms with E-state index in [0.29, 0.717) is 0 Å². The fourth-order valence-electron chi connectivity index (χ4n) is 0. The second-order valence-electron chi connectivity index (χ2n) is 0.600. The van der Waals surface area contributed by atoms with Crippen LogP contribution in [0.25, 0.3) is 0 Å². The van der Waals surface area contributed by atoms with Crippen molar-refractivity contribution in [2.24, 2.45) is 0 Å². The van der Waals surface area contributed by atoms with Crippen molar-refractivity contribution in [2.75, 3.05) is 0 Å². The van der Waals surface area contributed by atoms with Gasteiger partial charge in [0.25, 0.3) is 0 Å². The van der Waals surface area contributed by atoms with E-state index in [1.165, 1.54) is 0 Å². The first-order chi connectivity index (χ1) is 2.00. The van der Waals surface area contributed by atoms with E-state index in [0.717, 1.165) is 0 Å². The molecule has 0 rings (SSSR count). The van der Waals surface area contributed by atoms with Crippen LogP contribution in [0.2, 0.25) is 0 Å². The van der Waals surface area contributed by atoms with Crippen LogP contribution in [-0.2, 0) is 0 Å². The van der Waals surface area contributed by atoms with Crippen molar-refractivity contribution >= 4 is 76.3 Å². The zero-order chi connectivity index (χ0) is 4.50. The van der Waals surface area contributed by atoms with Gasteiger partial charge in [-0.1, -0.05) is 0 Å². The van der Waals surface area contributed by atoms with Crippen LogP contribution in [0.5, 0.6) is 0 Å². The van der Waals surface area contributed by atoms with E-state index < -0.39 is 9.05 Å². The Morgan fingerprint density at radius 3 is 0.857 bits per heavy atom. The van der Waals surface area contributed by atoms with Crippen molar-refractivity contribution in [3.8, 4) is 0 Å². The van der Waals surface area contributed by atoms with E-state index in [1.54, 1.807) is 0 Å². The summed E-state index contributed by atoms with van der Waals surface area (Å²) in [6.45, 7) is 0. The molecule has 38 valence electrons. The van der Waals surface area contributed by atoms with Crippen LogP contribution < -0.4 is 0 Å². The number of hydrogen-bond acceptors (Lipinski definition) is 4. The molecule has 4 N–H and O–H groups in total. The average molecular weight is 162 g/mol. The van der Waals surface area contributed by atoms with E-state index in [2.05, 4.69) is 0 Å². The van der Waals surface area contributed by atoms with Crippen LogP contribution in [0.3, 0.4) is 0 Å². The molecular formula is H7CaNaO4Si. The third kappa shape index (κ3) is 61.8. The number of rotatable bonds is 0. The van der Waals surface area contributed by atoms with Crippen molar-refractivity contribution in [3.63, 3.8) is 0 Å². The van der Waals surface area contributed by atoms with E-state index in [1.807, 2.05) is 0 Å². The topological polar surface area (TPSA) is 80.9 Å². The Kier molecular flexibility index (Phi) is 14.9. The van der Waals surface area contributed by atoms with Gasteiger partial charge in [0, 0.05) is 0 Å². The molecule has 7 heavy (non-hydrogen) atoms. The van der Waals surface area contributed by atoms with Crippen molar-refractivity contribution in [1.82, 2.24) is 0 Å². The summed E-state index contributed by atoms with van der Waals surface area (Å²) in [5, 5.41) is 0. The van der Waals surface area contributed by atoms with E-state index in [-0.39, 0.29) is 67.3 Å². The minimum absolute atomic E-state index is 0. The molecule has 7 heteroatoms. The second kappa shape index (κ2) is 6.44. The Morgan fingerprint density at radius 2 is 0.857 bits per heavy atom. The summed E-state index contributed by atoms with van der Waals surface area (Å²) in [5.41, 5.74) is 0. The van der Waals surface area contributed by atoms with Gasteiger partial charge in [-0.15, -0.1) is 0 Å². The Morgan fingerprint density at radius 1 is 0.857 bits per heavy atom. The first kappa shape index (κ1) is 16.2. The van der Waals surface area contributed by atoms with Crippen molar-refractivity contribution in [1.29, 1.82) is 0 Å². The Bertz CT molecular complexity index is 27.2. The zero-order valence-electron chi connectivity index (χ0n) is 2.29. The van der Waals surface area contributed by atoms with Gasteiger partial charge in [-0.25, -0.2) is 0 Å². The molecule has 0 spiro atoms. The average Bonchev–Trinajstić information content (AvgIpc) is 0.722. The molecule has 0 atom stereocenters. The molecular weight excluding hydrogens is 155 g/mol. The predicted molar refractivity (Wildman–Crippen MR) is 30.3 cm³/mol. The minimum atomic E-state index is -4.61. The molecule has 0 aliphatic heterocycles. The fourth-order valence-corrected chi connectivity index (χ4v) is 0. The fraction of sp³-hybridized carbons (Fsp3) is 0. The molecule has 0 saturated heterocycles. The molecule has 4 nitrogen and oxygen atoms in total. The summed E-state index contributed by atoms with van der Waals surface area (Å²) >= 11 is 0. The van der Waals surface area contributed by atoms with Crippen molar-refractivity contribution < 1.29 is 19.2 Å².